The summed E-state index contributed by atoms with van der Waals surface area (Å²) in [5.74, 6) is 0. The average Bonchev–Trinajstić information content (AvgIpc) is 2.63. The lowest BCUT2D eigenvalue weighted by atomic mass is 9.91. The molecule has 2 rings (SSSR count). The molecule has 0 unspecified atom stereocenters. The van der Waals surface area contributed by atoms with Crippen molar-refractivity contribution in [1.82, 2.24) is 9.78 Å². The number of nitrogens with zero attached hydrogens (tertiary/aromatic N) is 2. The summed E-state index contributed by atoms with van der Waals surface area (Å²) in [7, 11) is 1.96. The maximum atomic E-state index is 5.82. The summed E-state index contributed by atoms with van der Waals surface area (Å²) in [4.78, 5) is 0. The zero-order chi connectivity index (χ0) is 14.3. The number of benzene rings is 1. The monoisotopic (exact) mass is 257 g/mol. The standard InChI is InChI=1S/C16H23N3/c1-9-7-10(2)12(4)15(11(9)3)16-13(5)14(8-17)19(6)18-16/h7H,8,17H2,1-6H3. The summed E-state index contributed by atoms with van der Waals surface area (Å²) in [5, 5.41) is 4.69. The molecule has 2 aromatic rings. The van der Waals surface area contributed by atoms with Crippen LogP contribution in [0.15, 0.2) is 6.07 Å². The van der Waals surface area contributed by atoms with E-state index in [9.17, 15) is 0 Å². The van der Waals surface area contributed by atoms with Gasteiger partial charge in [-0.1, -0.05) is 6.07 Å². The van der Waals surface area contributed by atoms with Gasteiger partial charge in [-0.2, -0.15) is 5.10 Å². The molecule has 0 aliphatic heterocycles. The molecule has 1 aromatic carbocycles. The third-order valence-electron chi connectivity index (χ3n) is 4.22. The Morgan fingerprint density at radius 1 is 1.00 bits per heavy atom. The Labute approximate surface area is 115 Å². The Kier molecular flexibility index (Phi) is 3.50. The summed E-state index contributed by atoms with van der Waals surface area (Å²) in [6, 6.07) is 2.25. The van der Waals surface area contributed by atoms with E-state index >= 15 is 0 Å². The van der Waals surface area contributed by atoms with Gasteiger partial charge < -0.3 is 5.73 Å². The van der Waals surface area contributed by atoms with Crippen molar-refractivity contribution in [3.05, 3.63) is 39.6 Å². The topological polar surface area (TPSA) is 43.8 Å². The third-order valence-corrected chi connectivity index (χ3v) is 4.22. The number of nitrogens with two attached hydrogens (primary N) is 1. The summed E-state index contributed by atoms with van der Waals surface area (Å²) >= 11 is 0. The second-order valence-corrected chi connectivity index (χ2v) is 5.38. The van der Waals surface area contributed by atoms with Gasteiger partial charge in [0.25, 0.3) is 0 Å². The van der Waals surface area contributed by atoms with Gasteiger partial charge in [-0.15, -0.1) is 0 Å². The lowest BCUT2D eigenvalue weighted by Gasteiger charge is -2.14. The minimum absolute atomic E-state index is 0.526. The highest BCUT2D eigenvalue weighted by Gasteiger charge is 2.18. The predicted molar refractivity (Wildman–Crippen MR) is 80.2 cm³/mol. The average molecular weight is 257 g/mol. The predicted octanol–water partition coefficient (Wildman–Crippen LogP) is 3.09. The molecule has 19 heavy (non-hydrogen) atoms. The molecule has 0 saturated heterocycles. The molecule has 0 aliphatic rings. The highest BCUT2D eigenvalue weighted by Crippen LogP contribution is 2.33. The quantitative estimate of drug-likeness (QED) is 0.898. The maximum Gasteiger partial charge on any atom is 0.0961 e. The molecular formula is C16H23N3. The second-order valence-electron chi connectivity index (χ2n) is 5.38. The van der Waals surface area contributed by atoms with Gasteiger partial charge in [0.05, 0.1) is 11.4 Å². The van der Waals surface area contributed by atoms with Crippen LogP contribution < -0.4 is 5.73 Å². The number of aryl methyl sites for hydroxylation is 3. The molecule has 1 heterocycles. The van der Waals surface area contributed by atoms with E-state index in [1.807, 2.05) is 11.7 Å². The van der Waals surface area contributed by atoms with Crippen LogP contribution in [0.5, 0.6) is 0 Å². The highest BCUT2D eigenvalue weighted by molar-refractivity contribution is 5.73. The molecule has 0 aliphatic carbocycles. The van der Waals surface area contributed by atoms with Crippen molar-refractivity contribution in [2.24, 2.45) is 12.8 Å². The molecule has 0 atom stereocenters. The maximum absolute atomic E-state index is 5.82. The lowest BCUT2D eigenvalue weighted by molar-refractivity contribution is 0.712. The third kappa shape index (κ3) is 2.08. The van der Waals surface area contributed by atoms with Crippen LogP contribution in [-0.2, 0) is 13.6 Å². The molecule has 0 spiro atoms. The molecule has 0 saturated carbocycles. The zero-order valence-corrected chi connectivity index (χ0v) is 12.8. The first kappa shape index (κ1) is 13.8. The van der Waals surface area contributed by atoms with Gasteiger partial charge in [0.15, 0.2) is 0 Å². The van der Waals surface area contributed by atoms with Gasteiger partial charge in [-0.3, -0.25) is 4.68 Å². The fourth-order valence-corrected chi connectivity index (χ4v) is 2.76. The van der Waals surface area contributed by atoms with Crippen molar-refractivity contribution in [2.75, 3.05) is 0 Å². The Balaban J connectivity index is 2.79. The minimum atomic E-state index is 0.526. The highest BCUT2D eigenvalue weighted by atomic mass is 15.3. The van der Waals surface area contributed by atoms with Crippen LogP contribution in [0.4, 0.5) is 0 Å². The van der Waals surface area contributed by atoms with Gasteiger partial charge >= 0.3 is 0 Å². The largest absolute Gasteiger partial charge is 0.325 e. The summed E-state index contributed by atoms with van der Waals surface area (Å²) in [6.45, 7) is 11.3. The summed E-state index contributed by atoms with van der Waals surface area (Å²) in [6.07, 6.45) is 0. The fourth-order valence-electron chi connectivity index (χ4n) is 2.76. The van der Waals surface area contributed by atoms with Gasteiger partial charge in [0.2, 0.25) is 0 Å². The number of aromatic nitrogens is 2. The molecule has 1 aromatic heterocycles. The molecule has 0 amide bonds. The van der Waals surface area contributed by atoms with E-state index in [4.69, 9.17) is 10.8 Å². The van der Waals surface area contributed by atoms with Crippen LogP contribution in [0.2, 0.25) is 0 Å². The van der Waals surface area contributed by atoms with Crippen molar-refractivity contribution < 1.29 is 0 Å². The van der Waals surface area contributed by atoms with Crippen LogP contribution in [0, 0.1) is 34.6 Å². The van der Waals surface area contributed by atoms with Crippen molar-refractivity contribution >= 4 is 0 Å². The van der Waals surface area contributed by atoms with Gasteiger partial charge in [-0.25, -0.2) is 0 Å². The van der Waals surface area contributed by atoms with E-state index in [-0.39, 0.29) is 0 Å². The smallest absolute Gasteiger partial charge is 0.0961 e. The Morgan fingerprint density at radius 2 is 1.53 bits per heavy atom. The Hall–Kier alpha value is -1.61. The van der Waals surface area contributed by atoms with E-state index in [1.165, 1.54) is 33.4 Å². The zero-order valence-electron chi connectivity index (χ0n) is 12.8. The van der Waals surface area contributed by atoms with E-state index in [2.05, 4.69) is 40.7 Å². The van der Waals surface area contributed by atoms with Crippen LogP contribution in [-0.4, -0.2) is 9.78 Å². The molecule has 0 fully saturated rings. The van der Waals surface area contributed by atoms with Crippen LogP contribution >= 0.6 is 0 Å². The molecule has 102 valence electrons. The first-order chi connectivity index (χ1) is 8.88. The SMILES string of the molecule is Cc1cc(C)c(C)c(-c2nn(C)c(CN)c2C)c1C. The van der Waals surface area contributed by atoms with E-state index in [0.717, 1.165) is 11.4 Å². The summed E-state index contributed by atoms with van der Waals surface area (Å²) in [5.41, 5.74) is 15.7. The van der Waals surface area contributed by atoms with Crippen molar-refractivity contribution in [3.8, 4) is 11.3 Å². The minimum Gasteiger partial charge on any atom is -0.325 e. The Bertz CT molecular complexity index is 610. The van der Waals surface area contributed by atoms with Crippen LogP contribution in [0.3, 0.4) is 0 Å². The first-order valence-electron chi connectivity index (χ1n) is 6.68. The summed E-state index contributed by atoms with van der Waals surface area (Å²) < 4.78 is 1.90. The fraction of sp³-hybridized carbons (Fsp3) is 0.438. The molecule has 3 nitrogen and oxygen atoms in total. The normalized spacial score (nSPS) is 11.1. The molecule has 2 N–H and O–H groups in total. The molecular weight excluding hydrogens is 234 g/mol. The van der Waals surface area contributed by atoms with Crippen LogP contribution in [0.1, 0.15) is 33.5 Å². The van der Waals surface area contributed by atoms with Gasteiger partial charge in [0.1, 0.15) is 0 Å². The van der Waals surface area contributed by atoms with E-state index in [1.54, 1.807) is 0 Å². The van der Waals surface area contributed by atoms with Crippen molar-refractivity contribution in [2.45, 2.75) is 41.2 Å². The van der Waals surface area contributed by atoms with E-state index in [0.29, 0.717) is 6.54 Å². The van der Waals surface area contributed by atoms with Crippen molar-refractivity contribution in [1.29, 1.82) is 0 Å². The Morgan fingerprint density at radius 3 is 1.95 bits per heavy atom. The van der Waals surface area contributed by atoms with Gasteiger partial charge in [0, 0.05) is 19.2 Å². The number of rotatable bonds is 2. The lowest BCUT2D eigenvalue weighted by Crippen LogP contribution is -2.05. The van der Waals surface area contributed by atoms with E-state index < -0.39 is 0 Å². The second kappa shape index (κ2) is 4.82. The van der Waals surface area contributed by atoms with Crippen molar-refractivity contribution in [3.63, 3.8) is 0 Å². The molecule has 3 heteroatoms. The van der Waals surface area contributed by atoms with Gasteiger partial charge in [-0.05, 0) is 62.4 Å². The number of hydrogen-bond donors (Lipinski definition) is 1. The number of hydrogen-bond acceptors (Lipinski definition) is 2. The first-order valence-corrected chi connectivity index (χ1v) is 6.68. The molecule has 0 radical (unpaired) electrons. The molecule has 0 bridgehead atoms. The van der Waals surface area contributed by atoms with Crippen LogP contribution in [0.25, 0.3) is 11.3 Å².